The summed E-state index contributed by atoms with van der Waals surface area (Å²) in [6, 6.07) is 6.10. The van der Waals surface area contributed by atoms with Crippen LogP contribution in [0.25, 0.3) is 0 Å². The average Bonchev–Trinajstić information content (AvgIpc) is 2.97. The van der Waals surface area contributed by atoms with Crippen LogP contribution in [0.2, 0.25) is 0 Å². The molecule has 0 unspecified atom stereocenters. The van der Waals surface area contributed by atoms with Crippen LogP contribution in [0.3, 0.4) is 0 Å². The van der Waals surface area contributed by atoms with E-state index in [0.29, 0.717) is 12.5 Å². The zero-order valence-corrected chi connectivity index (χ0v) is 13.3. The maximum atomic E-state index is 5.80. The summed E-state index contributed by atoms with van der Waals surface area (Å²) in [5.41, 5.74) is 1.14. The van der Waals surface area contributed by atoms with E-state index in [1.807, 2.05) is 16.8 Å². The van der Waals surface area contributed by atoms with Crippen LogP contribution in [0.5, 0.6) is 11.5 Å². The van der Waals surface area contributed by atoms with Crippen LogP contribution in [0.1, 0.15) is 37.1 Å². The van der Waals surface area contributed by atoms with Crippen molar-refractivity contribution < 1.29 is 9.47 Å². The van der Waals surface area contributed by atoms with Crippen LogP contribution >= 0.6 is 0 Å². The van der Waals surface area contributed by atoms with Gasteiger partial charge in [0.1, 0.15) is 5.82 Å². The largest absolute Gasteiger partial charge is 0.490 e. The zero-order valence-electron chi connectivity index (χ0n) is 13.3. The first-order valence-corrected chi connectivity index (χ1v) is 8.44. The Morgan fingerprint density at radius 2 is 1.91 bits per heavy atom. The van der Waals surface area contributed by atoms with E-state index in [1.54, 1.807) is 0 Å². The molecule has 0 bridgehead atoms. The molecule has 0 saturated carbocycles. The Labute approximate surface area is 135 Å². The highest BCUT2D eigenvalue weighted by Crippen LogP contribution is 2.30. The molecule has 0 fully saturated rings. The molecule has 2 aliphatic heterocycles. The minimum atomic E-state index is 0.681. The van der Waals surface area contributed by atoms with Gasteiger partial charge >= 0.3 is 0 Å². The maximum Gasteiger partial charge on any atom is 0.242 e. The van der Waals surface area contributed by atoms with Crippen molar-refractivity contribution in [1.29, 1.82) is 0 Å². The molecule has 23 heavy (non-hydrogen) atoms. The van der Waals surface area contributed by atoms with E-state index >= 15 is 0 Å². The third-order valence-corrected chi connectivity index (χ3v) is 4.28. The molecule has 0 saturated heterocycles. The lowest BCUT2D eigenvalue weighted by Gasteiger charge is -2.17. The molecule has 1 aromatic carbocycles. The Morgan fingerprint density at radius 3 is 2.78 bits per heavy atom. The molecule has 3 heterocycles. The second-order valence-electron chi connectivity index (χ2n) is 6.07. The third-order valence-electron chi connectivity index (χ3n) is 4.28. The fourth-order valence-electron chi connectivity index (χ4n) is 3.00. The van der Waals surface area contributed by atoms with Crippen molar-refractivity contribution in [3.8, 4) is 11.5 Å². The van der Waals surface area contributed by atoms with Gasteiger partial charge in [-0.2, -0.15) is 4.98 Å². The first-order valence-electron chi connectivity index (χ1n) is 8.44. The number of aryl methyl sites for hydroxylation is 2. The molecular weight excluding hydrogens is 292 g/mol. The van der Waals surface area contributed by atoms with Gasteiger partial charge in [0.2, 0.25) is 5.95 Å². The number of hydrogen-bond acceptors (Lipinski definition) is 5. The first kappa shape index (κ1) is 14.4. The van der Waals surface area contributed by atoms with E-state index < -0.39 is 0 Å². The van der Waals surface area contributed by atoms with Crippen LogP contribution in [0.15, 0.2) is 18.2 Å². The molecule has 1 N–H and O–H groups in total. The van der Waals surface area contributed by atoms with Crippen LogP contribution in [0.4, 0.5) is 5.95 Å². The molecule has 4 rings (SSSR count). The van der Waals surface area contributed by atoms with Gasteiger partial charge in [-0.1, -0.05) is 6.07 Å². The van der Waals surface area contributed by atoms with Gasteiger partial charge in [-0.3, -0.25) is 0 Å². The number of rotatable bonds is 3. The van der Waals surface area contributed by atoms with E-state index in [1.165, 1.54) is 12.8 Å². The van der Waals surface area contributed by atoms with Gasteiger partial charge in [0.15, 0.2) is 11.5 Å². The van der Waals surface area contributed by atoms with Gasteiger partial charge in [-0.05, 0) is 43.4 Å². The minimum absolute atomic E-state index is 0.681. The predicted molar refractivity (Wildman–Crippen MR) is 87.0 cm³/mol. The van der Waals surface area contributed by atoms with E-state index in [-0.39, 0.29) is 0 Å². The van der Waals surface area contributed by atoms with E-state index in [2.05, 4.69) is 21.5 Å². The lowest BCUT2D eigenvalue weighted by atomic mass is 10.2. The molecule has 0 atom stereocenters. The summed E-state index contributed by atoms with van der Waals surface area (Å²) in [4.78, 5) is 4.57. The summed E-state index contributed by atoms with van der Waals surface area (Å²) in [6.07, 6.45) is 5.50. The topological polar surface area (TPSA) is 61.2 Å². The van der Waals surface area contributed by atoms with Gasteiger partial charge in [0.25, 0.3) is 0 Å². The monoisotopic (exact) mass is 314 g/mol. The van der Waals surface area contributed by atoms with Crippen molar-refractivity contribution in [3.05, 3.63) is 29.6 Å². The van der Waals surface area contributed by atoms with Crippen molar-refractivity contribution in [1.82, 2.24) is 14.8 Å². The molecule has 122 valence electrons. The number of ether oxygens (including phenoxy) is 2. The fraction of sp³-hybridized carbons (Fsp3) is 0.529. The molecule has 0 spiro atoms. The van der Waals surface area contributed by atoms with Crippen LogP contribution in [0, 0.1) is 0 Å². The number of anilines is 1. The number of nitrogens with zero attached hydrogens (tertiary/aromatic N) is 3. The maximum absolute atomic E-state index is 5.80. The summed E-state index contributed by atoms with van der Waals surface area (Å²) in [5, 5.41) is 7.83. The SMILES string of the molecule is c1cc2c(cc1CNc1nc3n(n1)CCCC3)OCCCCO2. The summed E-state index contributed by atoms with van der Waals surface area (Å²) in [6.45, 7) is 3.18. The number of benzene rings is 1. The summed E-state index contributed by atoms with van der Waals surface area (Å²) >= 11 is 0. The Bertz CT molecular complexity index is 660. The van der Waals surface area contributed by atoms with E-state index in [9.17, 15) is 0 Å². The highest BCUT2D eigenvalue weighted by Gasteiger charge is 2.14. The average molecular weight is 314 g/mol. The Balaban J connectivity index is 1.44. The van der Waals surface area contributed by atoms with Crippen LogP contribution in [-0.4, -0.2) is 28.0 Å². The van der Waals surface area contributed by atoms with Gasteiger partial charge < -0.3 is 14.8 Å². The molecule has 1 aromatic heterocycles. The Kier molecular flexibility index (Phi) is 4.05. The molecule has 0 amide bonds. The predicted octanol–water partition coefficient (Wildman–Crippen LogP) is 2.78. The number of hydrogen-bond donors (Lipinski definition) is 1. The van der Waals surface area contributed by atoms with Crippen molar-refractivity contribution in [2.75, 3.05) is 18.5 Å². The molecule has 6 nitrogen and oxygen atoms in total. The quantitative estimate of drug-likeness (QED) is 0.944. The second kappa shape index (κ2) is 6.48. The molecule has 0 aliphatic carbocycles. The highest BCUT2D eigenvalue weighted by molar-refractivity contribution is 5.44. The third kappa shape index (κ3) is 3.25. The molecular formula is C17H22N4O2. The van der Waals surface area contributed by atoms with Gasteiger partial charge in [0, 0.05) is 19.5 Å². The lowest BCUT2D eigenvalue weighted by Crippen LogP contribution is -2.11. The Hall–Kier alpha value is -2.24. The van der Waals surface area contributed by atoms with Gasteiger partial charge in [-0.15, -0.1) is 5.10 Å². The normalized spacial score (nSPS) is 17.0. The summed E-state index contributed by atoms with van der Waals surface area (Å²) in [7, 11) is 0. The summed E-state index contributed by atoms with van der Waals surface area (Å²) in [5.74, 6) is 3.48. The highest BCUT2D eigenvalue weighted by atomic mass is 16.5. The fourth-order valence-corrected chi connectivity index (χ4v) is 3.00. The Morgan fingerprint density at radius 1 is 1.04 bits per heavy atom. The van der Waals surface area contributed by atoms with Crippen LogP contribution < -0.4 is 14.8 Å². The van der Waals surface area contributed by atoms with Crippen molar-refractivity contribution >= 4 is 5.95 Å². The minimum Gasteiger partial charge on any atom is -0.490 e. The number of aromatic nitrogens is 3. The number of nitrogens with one attached hydrogen (secondary N) is 1. The second-order valence-corrected chi connectivity index (χ2v) is 6.07. The molecule has 2 aromatic rings. The zero-order chi connectivity index (χ0) is 15.5. The van der Waals surface area contributed by atoms with Crippen LogP contribution in [-0.2, 0) is 19.5 Å². The smallest absolute Gasteiger partial charge is 0.242 e. The standard InChI is InChI=1S/C17H22N4O2/c1-2-8-21-16(5-1)19-17(20-21)18-12-13-6-7-14-15(11-13)23-10-4-3-9-22-14/h6-7,11H,1-5,8-10,12H2,(H,18,20). The van der Waals surface area contributed by atoms with Crippen molar-refractivity contribution in [3.63, 3.8) is 0 Å². The van der Waals surface area contributed by atoms with Crippen molar-refractivity contribution in [2.24, 2.45) is 0 Å². The van der Waals surface area contributed by atoms with E-state index in [4.69, 9.17) is 9.47 Å². The van der Waals surface area contributed by atoms with Crippen molar-refractivity contribution in [2.45, 2.75) is 45.2 Å². The lowest BCUT2D eigenvalue weighted by molar-refractivity contribution is 0.223. The molecule has 6 heteroatoms. The number of fused-ring (bicyclic) bond motifs is 2. The van der Waals surface area contributed by atoms with Gasteiger partial charge in [0.05, 0.1) is 13.2 Å². The summed E-state index contributed by atoms with van der Waals surface area (Å²) < 4.78 is 13.5. The van der Waals surface area contributed by atoms with E-state index in [0.717, 1.165) is 61.9 Å². The first-order chi connectivity index (χ1) is 11.4. The van der Waals surface area contributed by atoms with Gasteiger partial charge in [-0.25, -0.2) is 4.68 Å². The molecule has 2 aliphatic rings. The molecule has 0 radical (unpaired) electrons.